The molecule has 1 rings (SSSR count). The number of benzene rings is 1. The Morgan fingerprint density at radius 1 is 1.20 bits per heavy atom. The van der Waals surface area contributed by atoms with E-state index >= 15 is 0 Å². The van der Waals surface area contributed by atoms with Gasteiger partial charge in [-0.25, -0.2) is 13.6 Å². The van der Waals surface area contributed by atoms with Crippen LogP contribution in [0.5, 0.6) is 0 Å². The van der Waals surface area contributed by atoms with Crippen LogP contribution in [0.15, 0.2) is 34.4 Å². The van der Waals surface area contributed by atoms with E-state index < -0.39 is 15.6 Å². The number of nitriles is 3. The zero-order valence-electron chi connectivity index (χ0n) is 9.75. The lowest BCUT2D eigenvalue weighted by atomic mass is 10.2. The summed E-state index contributed by atoms with van der Waals surface area (Å²) in [5.74, 6) is 0. The Labute approximate surface area is 129 Å². The molecule has 100 valence electrons. The fraction of sp³-hybridized carbons (Fsp3) is 0. The zero-order chi connectivity index (χ0) is 15.3. The SMILES string of the molecule is N#CC(C#N)=C(C#N)Nc1ccc(I)cc1S(N)(=O)=O. The van der Waals surface area contributed by atoms with Crippen molar-refractivity contribution in [2.24, 2.45) is 5.14 Å². The Hall–Kier alpha value is -2.13. The molecule has 0 amide bonds. The average Bonchev–Trinajstić information content (AvgIpc) is 2.39. The lowest BCUT2D eigenvalue weighted by Gasteiger charge is -2.10. The molecule has 0 aliphatic heterocycles. The molecule has 0 aromatic heterocycles. The maximum atomic E-state index is 11.5. The molecule has 0 saturated heterocycles. The van der Waals surface area contributed by atoms with Gasteiger partial charge in [-0.3, -0.25) is 0 Å². The van der Waals surface area contributed by atoms with Gasteiger partial charge >= 0.3 is 0 Å². The second-order valence-corrected chi connectivity index (χ2v) is 6.17. The van der Waals surface area contributed by atoms with Crippen LogP contribution in [0.2, 0.25) is 0 Å². The van der Waals surface area contributed by atoms with Gasteiger partial charge in [-0.2, -0.15) is 15.8 Å². The van der Waals surface area contributed by atoms with E-state index in [-0.39, 0.29) is 16.3 Å². The third-order valence-corrected chi connectivity index (χ3v) is 3.72. The van der Waals surface area contributed by atoms with Crippen molar-refractivity contribution in [1.29, 1.82) is 15.8 Å². The molecule has 7 nitrogen and oxygen atoms in total. The molecule has 0 bridgehead atoms. The monoisotopic (exact) mass is 399 g/mol. The molecule has 1 aromatic carbocycles. The van der Waals surface area contributed by atoms with Crippen LogP contribution in [0, 0.1) is 37.6 Å². The first-order valence-corrected chi connectivity index (χ1v) is 7.50. The summed E-state index contributed by atoms with van der Waals surface area (Å²) in [6.45, 7) is 0. The number of sulfonamides is 1. The van der Waals surface area contributed by atoms with Gasteiger partial charge in [0, 0.05) is 3.57 Å². The molecule has 0 aliphatic rings. The van der Waals surface area contributed by atoms with Crippen LogP contribution in [0.4, 0.5) is 5.69 Å². The van der Waals surface area contributed by atoms with Crippen molar-refractivity contribution < 1.29 is 8.42 Å². The minimum atomic E-state index is -4.01. The highest BCUT2D eigenvalue weighted by atomic mass is 127. The van der Waals surface area contributed by atoms with E-state index in [9.17, 15) is 8.42 Å². The molecule has 0 unspecified atom stereocenters. The fourth-order valence-electron chi connectivity index (χ4n) is 1.25. The zero-order valence-corrected chi connectivity index (χ0v) is 12.7. The predicted molar refractivity (Wildman–Crippen MR) is 78.0 cm³/mol. The van der Waals surface area contributed by atoms with Crippen LogP contribution in [0.25, 0.3) is 0 Å². The molecule has 0 saturated carbocycles. The highest BCUT2D eigenvalue weighted by Crippen LogP contribution is 2.24. The van der Waals surface area contributed by atoms with Crippen molar-refractivity contribution in [2.45, 2.75) is 4.90 Å². The van der Waals surface area contributed by atoms with Gasteiger partial charge in [-0.1, -0.05) is 0 Å². The van der Waals surface area contributed by atoms with E-state index in [0.29, 0.717) is 3.57 Å². The van der Waals surface area contributed by atoms with Gasteiger partial charge in [0.25, 0.3) is 0 Å². The van der Waals surface area contributed by atoms with E-state index in [4.69, 9.17) is 20.9 Å². The summed E-state index contributed by atoms with van der Waals surface area (Å²) in [6, 6.07) is 9.01. The second-order valence-electron chi connectivity index (χ2n) is 3.40. The van der Waals surface area contributed by atoms with Crippen LogP contribution in [0.3, 0.4) is 0 Å². The molecule has 0 fully saturated rings. The second kappa shape index (κ2) is 6.35. The van der Waals surface area contributed by atoms with Crippen molar-refractivity contribution >= 4 is 38.3 Å². The number of nitrogens with zero attached hydrogens (tertiary/aromatic N) is 3. The van der Waals surface area contributed by atoms with Gasteiger partial charge in [-0.05, 0) is 40.8 Å². The van der Waals surface area contributed by atoms with Crippen LogP contribution >= 0.6 is 22.6 Å². The van der Waals surface area contributed by atoms with E-state index in [1.54, 1.807) is 24.3 Å². The molecular weight excluding hydrogens is 393 g/mol. The summed E-state index contributed by atoms with van der Waals surface area (Å²) in [5, 5.41) is 33.9. The highest BCUT2D eigenvalue weighted by Gasteiger charge is 2.16. The quantitative estimate of drug-likeness (QED) is 0.577. The molecule has 3 N–H and O–H groups in total. The summed E-state index contributed by atoms with van der Waals surface area (Å²) in [5.41, 5.74) is -0.778. The van der Waals surface area contributed by atoms with E-state index in [1.165, 1.54) is 12.1 Å². The summed E-state index contributed by atoms with van der Waals surface area (Å²) in [6.07, 6.45) is 0. The van der Waals surface area contributed by atoms with E-state index in [0.717, 1.165) is 0 Å². The maximum Gasteiger partial charge on any atom is 0.240 e. The number of hydrogen-bond acceptors (Lipinski definition) is 6. The molecule has 1 aromatic rings. The first-order valence-electron chi connectivity index (χ1n) is 4.87. The third-order valence-electron chi connectivity index (χ3n) is 2.10. The number of nitrogens with one attached hydrogen (secondary N) is 1. The lowest BCUT2D eigenvalue weighted by Crippen LogP contribution is -2.15. The molecule has 0 aliphatic carbocycles. The van der Waals surface area contributed by atoms with Gasteiger partial charge in [0.1, 0.15) is 28.8 Å². The largest absolute Gasteiger partial charge is 0.344 e. The maximum absolute atomic E-state index is 11.5. The predicted octanol–water partition coefficient (Wildman–Crippen LogP) is 1.18. The van der Waals surface area contributed by atoms with Crippen LogP contribution in [-0.2, 0) is 10.0 Å². The summed E-state index contributed by atoms with van der Waals surface area (Å²) in [4.78, 5) is -0.229. The number of hydrogen-bond donors (Lipinski definition) is 2. The van der Waals surface area contributed by atoms with E-state index in [1.807, 2.05) is 22.6 Å². The molecule has 0 spiro atoms. The van der Waals surface area contributed by atoms with Gasteiger partial charge in [0.2, 0.25) is 10.0 Å². The summed E-state index contributed by atoms with van der Waals surface area (Å²) in [7, 11) is -4.01. The minimum Gasteiger partial charge on any atom is -0.344 e. The number of allylic oxidation sites excluding steroid dienone is 2. The molecule has 9 heteroatoms. The number of nitrogens with two attached hydrogens (primary N) is 1. The topological polar surface area (TPSA) is 144 Å². The number of anilines is 1. The third kappa shape index (κ3) is 3.68. The van der Waals surface area contributed by atoms with Crippen molar-refractivity contribution in [3.63, 3.8) is 0 Å². The van der Waals surface area contributed by atoms with Gasteiger partial charge < -0.3 is 5.32 Å². The fourth-order valence-corrected chi connectivity index (χ4v) is 2.67. The normalized spacial score (nSPS) is 9.75. The number of rotatable bonds is 3. The van der Waals surface area contributed by atoms with Crippen molar-refractivity contribution in [3.8, 4) is 18.2 Å². The van der Waals surface area contributed by atoms with Crippen LogP contribution in [-0.4, -0.2) is 8.42 Å². The Bertz CT molecular complexity index is 793. The van der Waals surface area contributed by atoms with Crippen molar-refractivity contribution in [1.82, 2.24) is 0 Å². The lowest BCUT2D eigenvalue weighted by molar-refractivity contribution is 0.598. The molecular formula is C11H6IN5O2S. The molecule has 20 heavy (non-hydrogen) atoms. The number of halogens is 1. The van der Waals surface area contributed by atoms with Gasteiger partial charge in [-0.15, -0.1) is 0 Å². The highest BCUT2D eigenvalue weighted by molar-refractivity contribution is 14.1. The summed E-state index contributed by atoms with van der Waals surface area (Å²) >= 11 is 1.90. The Balaban J connectivity index is 3.46. The Morgan fingerprint density at radius 3 is 2.25 bits per heavy atom. The minimum absolute atomic E-state index is 0.0208. The summed E-state index contributed by atoms with van der Waals surface area (Å²) < 4.78 is 23.6. The Kier molecular flexibility index (Phi) is 5.06. The number of primary sulfonamides is 1. The smallest absolute Gasteiger partial charge is 0.240 e. The van der Waals surface area contributed by atoms with Gasteiger partial charge in [0.05, 0.1) is 5.69 Å². The molecule has 0 heterocycles. The first-order chi connectivity index (χ1) is 9.33. The van der Waals surface area contributed by atoms with Crippen molar-refractivity contribution in [2.75, 3.05) is 5.32 Å². The average molecular weight is 399 g/mol. The van der Waals surface area contributed by atoms with E-state index in [2.05, 4.69) is 5.32 Å². The van der Waals surface area contributed by atoms with Gasteiger partial charge in [0.15, 0.2) is 5.57 Å². The van der Waals surface area contributed by atoms with Crippen LogP contribution in [0.1, 0.15) is 0 Å². The molecule has 0 atom stereocenters. The van der Waals surface area contributed by atoms with Crippen molar-refractivity contribution in [3.05, 3.63) is 33.0 Å². The van der Waals surface area contributed by atoms with Crippen LogP contribution < -0.4 is 10.5 Å². The molecule has 0 radical (unpaired) electrons. The first kappa shape index (κ1) is 15.9. The Morgan fingerprint density at radius 2 is 1.80 bits per heavy atom. The standard InChI is InChI=1S/C11H6IN5O2S/c12-8-1-2-9(11(3-8)20(16,18)19)17-10(6-15)7(4-13)5-14/h1-3,17H,(H2,16,18,19).